The molecule has 9 heteroatoms. The van der Waals surface area contributed by atoms with Crippen LogP contribution >= 0.6 is 11.6 Å². The van der Waals surface area contributed by atoms with Gasteiger partial charge in [-0.05, 0) is 33.6 Å². The molecule has 1 N–H and O–H groups in total. The van der Waals surface area contributed by atoms with Gasteiger partial charge in [0.1, 0.15) is 24.1 Å². The Morgan fingerprint density at radius 2 is 2.07 bits per heavy atom. The van der Waals surface area contributed by atoms with E-state index in [-0.39, 0.29) is 24.7 Å². The number of amides is 1. The summed E-state index contributed by atoms with van der Waals surface area (Å²) in [5.41, 5.74) is 1.50. The minimum Gasteiger partial charge on any atom is -0.464 e. The predicted octanol–water partition coefficient (Wildman–Crippen LogP) is 3.62. The van der Waals surface area contributed by atoms with Crippen LogP contribution in [0.25, 0.3) is 11.0 Å². The van der Waals surface area contributed by atoms with Gasteiger partial charge in [0, 0.05) is 18.7 Å². The molecule has 3 heterocycles. The number of nitrogens with one attached hydrogen (secondary N) is 1. The molecule has 1 fully saturated rings. The standard InChI is InChI=1S/C18H23ClN4O4/c1-10(24)26-8-11-5-6-13(23(11)17(25)27-18(2,3)4)12-7-20-15-14(12)21-9-22-16(15)19/h7,9,11,13,20H,5-6,8H2,1-4H3/t11-,13+/m1/s1. The van der Waals surface area contributed by atoms with Crippen LogP contribution in [0.5, 0.6) is 0 Å². The summed E-state index contributed by atoms with van der Waals surface area (Å²) in [5.74, 6) is -0.380. The zero-order valence-corrected chi connectivity index (χ0v) is 16.5. The highest BCUT2D eigenvalue weighted by molar-refractivity contribution is 6.33. The Balaban J connectivity index is 1.95. The number of halogens is 1. The van der Waals surface area contributed by atoms with Gasteiger partial charge in [-0.2, -0.15) is 0 Å². The average molecular weight is 395 g/mol. The molecule has 1 amide bonds. The van der Waals surface area contributed by atoms with Gasteiger partial charge in [-0.15, -0.1) is 0 Å². The first-order valence-corrected chi connectivity index (χ1v) is 9.17. The van der Waals surface area contributed by atoms with E-state index in [2.05, 4.69) is 15.0 Å². The summed E-state index contributed by atoms with van der Waals surface area (Å²) in [4.78, 5) is 37.2. The minimum atomic E-state index is -0.637. The van der Waals surface area contributed by atoms with Crippen molar-refractivity contribution in [3.63, 3.8) is 0 Å². The SMILES string of the molecule is CC(=O)OC[C@H]1CC[C@@H](c2c[nH]c3c(Cl)ncnc23)N1C(=O)OC(C)(C)C. The van der Waals surface area contributed by atoms with Crippen molar-refractivity contribution >= 4 is 34.7 Å². The van der Waals surface area contributed by atoms with Gasteiger partial charge in [0.15, 0.2) is 5.15 Å². The number of fused-ring (bicyclic) bond motifs is 1. The normalized spacial score (nSPS) is 20.1. The molecule has 0 aliphatic carbocycles. The minimum absolute atomic E-state index is 0.128. The molecule has 1 aliphatic rings. The van der Waals surface area contributed by atoms with Gasteiger partial charge in [0.05, 0.1) is 17.6 Å². The van der Waals surface area contributed by atoms with Gasteiger partial charge in [-0.3, -0.25) is 9.69 Å². The predicted molar refractivity (Wildman–Crippen MR) is 99.4 cm³/mol. The van der Waals surface area contributed by atoms with E-state index in [1.807, 2.05) is 20.8 Å². The first-order chi connectivity index (χ1) is 12.7. The third-order valence-electron chi connectivity index (χ3n) is 4.39. The molecule has 146 valence electrons. The van der Waals surface area contributed by atoms with E-state index in [9.17, 15) is 9.59 Å². The summed E-state index contributed by atoms with van der Waals surface area (Å²) < 4.78 is 10.8. The van der Waals surface area contributed by atoms with E-state index in [0.29, 0.717) is 29.0 Å². The highest BCUT2D eigenvalue weighted by atomic mass is 35.5. The molecule has 1 saturated heterocycles. The third kappa shape index (κ3) is 4.16. The quantitative estimate of drug-likeness (QED) is 0.630. The Bertz CT molecular complexity index is 861. The van der Waals surface area contributed by atoms with Crippen LogP contribution in [0, 0.1) is 0 Å². The monoisotopic (exact) mass is 394 g/mol. The average Bonchev–Trinajstić information content (AvgIpc) is 3.15. The molecule has 0 spiro atoms. The highest BCUT2D eigenvalue weighted by Crippen LogP contribution is 2.40. The maximum Gasteiger partial charge on any atom is 0.411 e. The first kappa shape index (κ1) is 19.4. The van der Waals surface area contributed by atoms with E-state index in [0.717, 1.165) is 5.56 Å². The van der Waals surface area contributed by atoms with Crippen LogP contribution in [0.2, 0.25) is 5.15 Å². The van der Waals surface area contributed by atoms with E-state index in [1.54, 1.807) is 11.1 Å². The smallest absolute Gasteiger partial charge is 0.411 e. The number of rotatable bonds is 3. The van der Waals surface area contributed by atoms with Crippen molar-refractivity contribution in [2.45, 2.75) is 58.2 Å². The Morgan fingerprint density at radius 1 is 1.33 bits per heavy atom. The third-order valence-corrected chi connectivity index (χ3v) is 4.68. The fraction of sp³-hybridized carbons (Fsp3) is 0.556. The van der Waals surface area contributed by atoms with E-state index >= 15 is 0 Å². The maximum atomic E-state index is 12.9. The number of carbonyl (C=O) groups is 2. The van der Waals surface area contributed by atoms with Crippen molar-refractivity contribution < 1.29 is 19.1 Å². The van der Waals surface area contributed by atoms with Crippen molar-refractivity contribution in [1.82, 2.24) is 19.9 Å². The van der Waals surface area contributed by atoms with Gasteiger partial charge in [-0.25, -0.2) is 14.8 Å². The maximum absolute atomic E-state index is 12.9. The summed E-state index contributed by atoms with van der Waals surface area (Å²) in [7, 11) is 0. The number of hydrogen-bond donors (Lipinski definition) is 1. The van der Waals surface area contributed by atoms with Crippen molar-refractivity contribution in [2.75, 3.05) is 6.61 Å². The molecular weight excluding hydrogens is 372 g/mol. The molecule has 1 aliphatic heterocycles. The number of aromatic amines is 1. The molecule has 3 rings (SSSR count). The van der Waals surface area contributed by atoms with Crippen LogP contribution in [0.3, 0.4) is 0 Å². The van der Waals surface area contributed by atoms with Crippen LogP contribution in [-0.2, 0) is 14.3 Å². The Morgan fingerprint density at radius 3 is 2.74 bits per heavy atom. The Hall–Kier alpha value is -2.35. The first-order valence-electron chi connectivity index (χ1n) is 8.79. The lowest BCUT2D eigenvalue weighted by atomic mass is 10.1. The largest absolute Gasteiger partial charge is 0.464 e. The number of ether oxygens (including phenoxy) is 2. The van der Waals surface area contributed by atoms with Gasteiger partial charge >= 0.3 is 12.1 Å². The number of nitrogens with zero attached hydrogens (tertiary/aromatic N) is 3. The van der Waals surface area contributed by atoms with Crippen molar-refractivity contribution in [1.29, 1.82) is 0 Å². The Kier molecular flexibility index (Phi) is 5.28. The second-order valence-electron chi connectivity index (χ2n) is 7.57. The molecular formula is C18H23ClN4O4. The molecule has 2 aromatic heterocycles. The fourth-order valence-electron chi connectivity index (χ4n) is 3.34. The lowest BCUT2D eigenvalue weighted by molar-refractivity contribution is -0.142. The lowest BCUT2D eigenvalue weighted by Crippen LogP contribution is -2.43. The van der Waals surface area contributed by atoms with Crippen LogP contribution < -0.4 is 0 Å². The summed E-state index contributed by atoms with van der Waals surface area (Å²) in [6.07, 6.45) is 4.12. The zero-order valence-electron chi connectivity index (χ0n) is 15.8. The zero-order chi connectivity index (χ0) is 19.8. The number of H-pyrrole nitrogens is 1. The molecule has 0 bridgehead atoms. The van der Waals surface area contributed by atoms with Gasteiger partial charge < -0.3 is 14.5 Å². The van der Waals surface area contributed by atoms with Gasteiger partial charge in [0.25, 0.3) is 0 Å². The lowest BCUT2D eigenvalue weighted by Gasteiger charge is -2.32. The van der Waals surface area contributed by atoms with Crippen molar-refractivity contribution in [3.05, 3.63) is 23.2 Å². The molecule has 2 atom stereocenters. The molecule has 0 saturated carbocycles. The number of esters is 1. The summed E-state index contributed by atoms with van der Waals surface area (Å²) in [6.45, 7) is 6.92. The van der Waals surface area contributed by atoms with E-state index in [4.69, 9.17) is 21.1 Å². The van der Waals surface area contributed by atoms with E-state index in [1.165, 1.54) is 13.3 Å². The second-order valence-corrected chi connectivity index (χ2v) is 7.93. The topological polar surface area (TPSA) is 97.4 Å². The molecule has 8 nitrogen and oxygen atoms in total. The molecule has 0 aromatic carbocycles. The fourth-order valence-corrected chi connectivity index (χ4v) is 3.53. The second kappa shape index (κ2) is 7.34. The molecule has 0 radical (unpaired) electrons. The van der Waals surface area contributed by atoms with Crippen LogP contribution in [-0.4, -0.2) is 50.2 Å². The summed E-state index contributed by atoms with van der Waals surface area (Å²) in [6, 6.07) is -0.531. The van der Waals surface area contributed by atoms with Crippen LogP contribution in [0.4, 0.5) is 4.79 Å². The van der Waals surface area contributed by atoms with Gasteiger partial charge in [-0.1, -0.05) is 11.6 Å². The van der Waals surface area contributed by atoms with Crippen LogP contribution in [0.1, 0.15) is 52.1 Å². The molecule has 0 unspecified atom stereocenters. The van der Waals surface area contributed by atoms with Crippen molar-refractivity contribution in [2.24, 2.45) is 0 Å². The molecule has 2 aromatic rings. The van der Waals surface area contributed by atoms with Crippen LogP contribution in [0.15, 0.2) is 12.5 Å². The number of aromatic nitrogens is 3. The number of hydrogen-bond acceptors (Lipinski definition) is 6. The van der Waals surface area contributed by atoms with Gasteiger partial charge in [0.2, 0.25) is 0 Å². The Labute approximate surface area is 162 Å². The molecule has 27 heavy (non-hydrogen) atoms. The highest BCUT2D eigenvalue weighted by Gasteiger charge is 2.41. The number of carbonyl (C=O) groups excluding carboxylic acids is 2. The number of likely N-dealkylation sites (tertiary alicyclic amines) is 1. The summed E-state index contributed by atoms with van der Waals surface area (Å²) in [5, 5.41) is 0.324. The van der Waals surface area contributed by atoms with Crippen molar-refractivity contribution in [3.8, 4) is 0 Å². The summed E-state index contributed by atoms with van der Waals surface area (Å²) >= 11 is 6.13. The van der Waals surface area contributed by atoms with E-state index < -0.39 is 11.7 Å².